The number of carbonyl (C=O) groups is 1. The van der Waals surface area contributed by atoms with Crippen LogP contribution in [0.5, 0.6) is 0 Å². The Morgan fingerprint density at radius 1 is 1.25 bits per heavy atom. The van der Waals surface area contributed by atoms with Crippen molar-refractivity contribution >= 4 is 5.91 Å². The van der Waals surface area contributed by atoms with Gasteiger partial charge in [0.2, 0.25) is 5.91 Å². The molecular formula is C14H20F2N2O2. The van der Waals surface area contributed by atoms with Gasteiger partial charge < -0.3 is 15.4 Å². The van der Waals surface area contributed by atoms with Crippen LogP contribution in [0.15, 0.2) is 18.2 Å². The highest BCUT2D eigenvalue weighted by atomic mass is 19.1. The van der Waals surface area contributed by atoms with Gasteiger partial charge in [-0.2, -0.15) is 0 Å². The highest BCUT2D eigenvalue weighted by Gasteiger charge is 2.11. The molecule has 1 amide bonds. The molecule has 112 valence electrons. The Hall–Kier alpha value is -1.53. The third-order valence-corrected chi connectivity index (χ3v) is 2.79. The van der Waals surface area contributed by atoms with Crippen molar-refractivity contribution in [1.82, 2.24) is 10.6 Å². The maximum Gasteiger partial charge on any atom is 0.236 e. The molecule has 1 aromatic carbocycles. The number of amides is 1. The Labute approximate surface area is 117 Å². The molecule has 20 heavy (non-hydrogen) atoms. The zero-order valence-electron chi connectivity index (χ0n) is 11.7. The van der Waals surface area contributed by atoms with Gasteiger partial charge in [-0.05, 0) is 37.6 Å². The summed E-state index contributed by atoms with van der Waals surface area (Å²) in [5, 5.41) is 5.70. The van der Waals surface area contributed by atoms with Crippen molar-refractivity contribution in [2.75, 3.05) is 26.8 Å². The molecule has 0 radical (unpaired) electrons. The van der Waals surface area contributed by atoms with Crippen molar-refractivity contribution in [3.63, 3.8) is 0 Å². The summed E-state index contributed by atoms with van der Waals surface area (Å²) in [5.41, 5.74) is 0.557. The summed E-state index contributed by atoms with van der Waals surface area (Å²) >= 11 is 0. The van der Waals surface area contributed by atoms with Crippen LogP contribution < -0.4 is 10.6 Å². The van der Waals surface area contributed by atoms with E-state index < -0.39 is 11.6 Å². The summed E-state index contributed by atoms with van der Waals surface area (Å²) in [7, 11) is 1.56. The minimum atomic E-state index is -0.592. The Balaban J connectivity index is 2.30. The first-order valence-electron chi connectivity index (χ1n) is 6.48. The predicted octanol–water partition coefficient (Wildman–Crippen LogP) is 1.25. The minimum absolute atomic E-state index is 0.132. The lowest BCUT2D eigenvalue weighted by Crippen LogP contribution is -2.43. The lowest BCUT2D eigenvalue weighted by Gasteiger charge is -2.14. The summed E-state index contributed by atoms with van der Waals surface area (Å²) in [5.74, 6) is -1.32. The van der Waals surface area contributed by atoms with Gasteiger partial charge in [-0.25, -0.2) is 8.78 Å². The molecule has 1 rings (SSSR count). The minimum Gasteiger partial charge on any atom is -0.383 e. The van der Waals surface area contributed by atoms with Gasteiger partial charge in [-0.15, -0.1) is 0 Å². The average Bonchev–Trinajstić information content (AvgIpc) is 2.37. The first-order valence-corrected chi connectivity index (χ1v) is 6.48. The number of carbonyl (C=O) groups excluding carboxylic acids is 1. The average molecular weight is 286 g/mol. The van der Waals surface area contributed by atoms with Crippen molar-refractivity contribution in [2.24, 2.45) is 0 Å². The van der Waals surface area contributed by atoms with Gasteiger partial charge in [0.1, 0.15) is 11.6 Å². The van der Waals surface area contributed by atoms with E-state index in [1.165, 1.54) is 12.1 Å². The molecule has 0 heterocycles. The van der Waals surface area contributed by atoms with E-state index in [0.717, 1.165) is 6.07 Å². The van der Waals surface area contributed by atoms with Gasteiger partial charge in [0.25, 0.3) is 0 Å². The fraction of sp³-hybridized carbons (Fsp3) is 0.500. The van der Waals surface area contributed by atoms with E-state index in [4.69, 9.17) is 4.74 Å². The number of benzene rings is 1. The Morgan fingerprint density at radius 3 is 2.50 bits per heavy atom. The second-order valence-electron chi connectivity index (χ2n) is 4.49. The maximum atomic E-state index is 13.0. The maximum absolute atomic E-state index is 13.0. The van der Waals surface area contributed by atoms with Crippen molar-refractivity contribution < 1.29 is 18.3 Å². The van der Waals surface area contributed by atoms with Gasteiger partial charge in [-0.3, -0.25) is 4.79 Å². The fourth-order valence-corrected chi connectivity index (χ4v) is 1.71. The Bertz CT molecular complexity index is 421. The van der Waals surface area contributed by atoms with Crippen LogP contribution in [0.25, 0.3) is 0 Å². The first kappa shape index (κ1) is 16.5. The molecule has 0 saturated carbocycles. The Morgan fingerprint density at radius 2 is 1.90 bits per heavy atom. The van der Waals surface area contributed by atoms with Crippen LogP contribution in [0.3, 0.4) is 0 Å². The zero-order valence-corrected chi connectivity index (χ0v) is 11.7. The molecule has 0 spiro atoms. The smallest absolute Gasteiger partial charge is 0.236 e. The summed E-state index contributed by atoms with van der Waals surface area (Å²) in [6.07, 6.45) is 0.449. The highest BCUT2D eigenvalue weighted by molar-refractivity contribution is 5.81. The van der Waals surface area contributed by atoms with E-state index >= 15 is 0 Å². The number of rotatable bonds is 8. The standard InChI is InChI=1S/C14H20F2N2O2/c1-10(14(19)18-5-6-20-2)17-4-3-11-7-12(15)9-13(16)8-11/h7-10,17H,3-6H2,1-2H3,(H,18,19). The SMILES string of the molecule is COCCNC(=O)C(C)NCCc1cc(F)cc(F)c1. The van der Waals surface area contributed by atoms with Gasteiger partial charge >= 0.3 is 0 Å². The van der Waals surface area contributed by atoms with E-state index in [2.05, 4.69) is 10.6 Å². The molecule has 1 unspecified atom stereocenters. The van der Waals surface area contributed by atoms with E-state index in [1.807, 2.05) is 0 Å². The number of hydrogen-bond acceptors (Lipinski definition) is 3. The van der Waals surface area contributed by atoms with Gasteiger partial charge in [0.05, 0.1) is 12.6 Å². The van der Waals surface area contributed by atoms with Crippen LogP contribution in [0.1, 0.15) is 12.5 Å². The molecule has 0 bridgehead atoms. The van der Waals surface area contributed by atoms with Crippen molar-refractivity contribution in [3.8, 4) is 0 Å². The predicted molar refractivity (Wildman–Crippen MR) is 72.4 cm³/mol. The lowest BCUT2D eigenvalue weighted by atomic mass is 10.1. The summed E-state index contributed by atoms with van der Waals surface area (Å²) < 4.78 is 30.8. The summed E-state index contributed by atoms with van der Waals surface area (Å²) in [4.78, 5) is 11.6. The van der Waals surface area contributed by atoms with Gasteiger partial charge in [0, 0.05) is 19.7 Å². The second-order valence-corrected chi connectivity index (χ2v) is 4.49. The molecular weight excluding hydrogens is 266 g/mol. The normalized spacial score (nSPS) is 12.2. The zero-order chi connectivity index (χ0) is 15.0. The lowest BCUT2D eigenvalue weighted by molar-refractivity contribution is -0.122. The topological polar surface area (TPSA) is 50.4 Å². The second kappa shape index (κ2) is 8.60. The van der Waals surface area contributed by atoms with Crippen LogP contribution in [0, 0.1) is 11.6 Å². The quantitative estimate of drug-likeness (QED) is 0.707. The fourth-order valence-electron chi connectivity index (χ4n) is 1.71. The molecule has 1 aromatic rings. The van der Waals surface area contributed by atoms with E-state index in [0.29, 0.717) is 31.7 Å². The number of halogens is 2. The highest BCUT2D eigenvalue weighted by Crippen LogP contribution is 2.08. The molecule has 4 nitrogen and oxygen atoms in total. The molecule has 0 fully saturated rings. The number of methoxy groups -OCH3 is 1. The molecule has 0 aromatic heterocycles. The number of hydrogen-bond donors (Lipinski definition) is 2. The van der Waals surface area contributed by atoms with E-state index in [1.54, 1.807) is 14.0 Å². The third-order valence-electron chi connectivity index (χ3n) is 2.79. The van der Waals surface area contributed by atoms with Crippen LogP contribution in [-0.4, -0.2) is 38.8 Å². The van der Waals surface area contributed by atoms with E-state index in [9.17, 15) is 13.6 Å². The molecule has 1 atom stereocenters. The largest absolute Gasteiger partial charge is 0.383 e. The third kappa shape index (κ3) is 6.08. The van der Waals surface area contributed by atoms with Crippen LogP contribution in [0.2, 0.25) is 0 Å². The molecule has 0 saturated heterocycles. The van der Waals surface area contributed by atoms with E-state index in [-0.39, 0.29) is 11.9 Å². The molecule has 0 aliphatic carbocycles. The molecule has 6 heteroatoms. The van der Waals surface area contributed by atoms with Crippen LogP contribution in [0.4, 0.5) is 8.78 Å². The van der Waals surface area contributed by atoms with Crippen LogP contribution >= 0.6 is 0 Å². The first-order chi connectivity index (χ1) is 9.52. The van der Waals surface area contributed by atoms with Gasteiger partial charge in [-0.1, -0.05) is 0 Å². The summed E-state index contributed by atoms with van der Waals surface area (Å²) in [6, 6.07) is 3.04. The van der Waals surface area contributed by atoms with Gasteiger partial charge in [0.15, 0.2) is 0 Å². The molecule has 0 aliphatic rings. The van der Waals surface area contributed by atoms with Crippen LogP contribution in [-0.2, 0) is 16.0 Å². The van der Waals surface area contributed by atoms with Crippen molar-refractivity contribution in [1.29, 1.82) is 0 Å². The molecule has 2 N–H and O–H groups in total. The monoisotopic (exact) mass is 286 g/mol. The van der Waals surface area contributed by atoms with Crippen molar-refractivity contribution in [3.05, 3.63) is 35.4 Å². The number of ether oxygens (including phenoxy) is 1. The summed E-state index contributed by atoms with van der Waals surface area (Å²) in [6.45, 7) is 3.10. The molecule has 0 aliphatic heterocycles. The van der Waals surface area contributed by atoms with Crippen molar-refractivity contribution in [2.45, 2.75) is 19.4 Å². The Kier molecular flexibility index (Phi) is 7.11. The number of nitrogens with one attached hydrogen (secondary N) is 2.